The van der Waals surface area contributed by atoms with Gasteiger partial charge in [0.25, 0.3) is 10.1 Å². The average Bonchev–Trinajstić information content (AvgIpc) is 2.73. The Bertz CT molecular complexity index is 475. The van der Waals surface area contributed by atoms with Crippen LogP contribution < -0.4 is 0 Å². The highest BCUT2D eigenvalue weighted by atomic mass is 32.2. The molecule has 1 saturated heterocycles. The molecule has 0 amide bonds. The SMILES string of the molecule is CS(=O)(=O)O[C@H]1CCN(CCc2cccnc2)C1. The molecule has 1 aromatic rings. The molecule has 0 unspecified atom stereocenters. The van der Waals surface area contributed by atoms with Crippen molar-refractivity contribution in [2.45, 2.75) is 18.9 Å². The van der Waals surface area contributed by atoms with Crippen molar-refractivity contribution < 1.29 is 12.6 Å². The van der Waals surface area contributed by atoms with Crippen molar-refractivity contribution in [2.75, 3.05) is 25.9 Å². The molecule has 1 aliphatic heterocycles. The summed E-state index contributed by atoms with van der Waals surface area (Å²) >= 11 is 0. The molecular weight excluding hydrogens is 252 g/mol. The molecule has 0 bridgehead atoms. The molecule has 1 fully saturated rings. The van der Waals surface area contributed by atoms with Crippen molar-refractivity contribution in [3.63, 3.8) is 0 Å². The highest BCUT2D eigenvalue weighted by Crippen LogP contribution is 2.15. The van der Waals surface area contributed by atoms with Gasteiger partial charge in [-0.3, -0.25) is 9.17 Å². The van der Waals surface area contributed by atoms with Crippen molar-refractivity contribution in [2.24, 2.45) is 0 Å². The Balaban J connectivity index is 1.76. The smallest absolute Gasteiger partial charge is 0.264 e. The van der Waals surface area contributed by atoms with Gasteiger partial charge < -0.3 is 4.90 Å². The van der Waals surface area contributed by atoms with E-state index in [9.17, 15) is 8.42 Å². The van der Waals surface area contributed by atoms with Gasteiger partial charge in [0, 0.05) is 32.0 Å². The first-order valence-corrected chi connectivity index (χ1v) is 7.84. The van der Waals surface area contributed by atoms with E-state index in [-0.39, 0.29) is 6.10 Å². The predicted molar refractivity (Wildman–Crippen MR) is 68.7 cm³/mol. The van der Waals surface area contributed by atoms with Crippen molar-refractivity contribution in [3.8, 4) is 0 Å². The molecule has 18 heavy (non-hydrogen) atoms. The zero-order valence-corrected chi connectivity index (χ0v) is 11.3. The van der Waals surface area contributed by atoms with Gasteiger partial charge in [-0.25, -0.2) is 0 Å². The molecule has 0 aliphatic carbocycles. The van der Waals surface area contributed by atoms with Crippen LogP contribution in [0.1, 0.15) is 12.0 Å². The third-order valence-corrected chi connectivity index (χ3v) is 3.60. The number of nitrogens with zero attached hydrogens (tertiary/aromatic N) is 2. The van der Waals surface area contributed by atoms with E-state index in [1.807, 2.05) is 18.3 Å². The van der Waals surface area contributed by atoms with Crippen molar-refractivity contribution in [1.29, 1.82) is 0 Å². The summed E-state index contributed by atoms with van der Waals surface area (Å²) in [7, 11) is -3.33. The summed E-state index contributed by atoms with van der Waals surface area (Å²) in [6.07, 6.45) is 6.25. The standard InChI is InChI=1S/C12H18N2O3S/c1-18(15,16)17-12-5-8-14(10-12)7-4-11-3-2-6-13-9-11/h2-3,6,9,12H,4-5,7-8,10H2,1H3/t12-/m0/s1. The van der Waals surface area contributed by atoms with Gasteiger partial charge in [0.2, 0.25) is 0 Å². The number of likely N-dealkylation sites (tertiary alicyclic amines) is 1. The Labute approximate surface area is 108 Å². The lowest BCUT2D eigenvalue weighted by Gasteiger charge is -2.15. The third kappa shape index (κ3) is 4.36. The maximum absolute atomic E-state index is 11.0. The summed E-state index contributed by atoms with van der Waals surface area (Å²) in [4.78, 5) is 6.30. The maximum Gasteiger partial charge on any atom is 0.264 e. The molecule has 0 aromatic carbocycles. The van der Waals surface area contributed by atoms with Crippen LogP contribution in [-0.4, -0.2) is 50.3 Å². The van der Waals surface area contributed by atoms with Gasteiger partial charge in [-0.05, 0) is 24.5 Å². The summed E-state index contributed by atoms with van der Waals surface area (Å²) in [5.74, 6) is 0. The predicted octanol–water partition coefficient (Wildman–Crippen LogP) is 0.675. The highest BCUT2D eigenvalue weighted by Gasteiger charge is 2.25. The van der Waals surface area contributed by atoms with E-state index in [1.165, 1.54) is 5.56 Å². The molecule has 1 aromatic heterocycles. The number of hydrogen-bond acceptors (Lipinski definition) is 5. The molecule has 100 valence electrons. The van der Waals surface area contributed by atoms with Crippen molar-refractivity contribution >= 4 is 10.1 Å². The zero-order valence-electron chi connectivity index (χ0n) is 10.4. The number of rotatable bonds is 5. The normalized spacial score (nSPS) is 21.3. The molecule has 1 atom stereocenters. The van der Waals surface area contributed by atoms with Crippen LogP contribution in [-0.2, 0) is 20.7 Å². The van der Waals surface area contributed by atoms with E-state index >= 15 is 0 Å². The molecule has 5 nitrogen and oxygen atoms in total. The van der Waals surface area contributed by atoms with Crippen LogP contribution in [0.5, 0.6) is 0 Å². The molecule has 0 spiro atoms. The van der Waals surface area contributed by atoms with E-state index in [0.29, 0.717) is 6.54 Å². The molecule has 0 radical (unpaired) electrons. The lowest BCUT2D eigenvalue weighted by Crippen LogP contribution is -2.26. The second kappa shape index (κ2) is 5.77. The minimum Gasteiger partial charge on any atom is -0.300 e. The van der Waals surface area contributed by atoms with Gasteiger partial charge in [0.1, 0.15) is 0 Å². The van der Waals surface area contributed by atoms with Gasteiger partial charge in [0.05, 0.1) is 12.4 Å². The van der Waals surface area contributed by atoms with E-state index in [2.05, 4.69) is 9.88 Å². The summed E-state index contributed by atoms with van der Waals surface area (Å²) in [6, 6.07) is 3.97. The second-order valence-electron chi connectivity index (χ2n) is 4.62. The Kier molecular flexibility index (Phi) is 4.31. The second-order valence-corrected chi connectivity index (χ2v) is 6.22. The Morgan fingerprint density at radius 2 is 2.39 bits per heavy atom. The first kappa shape index (κ1) is 13.5. The van der Waals surface area contributed by atoms with Crippen LogP contribution in [0.4, 0.5) is 0 Å². The minimum absolute atomic E-state index is 0.186. The Morgan fingerprint density at radius 3 is 3.06 bits per heavy atom. The summed E-state index contributed by atoms with van der Waals surface area (Å²) in [6.45, 7) is 2.49. The largest absolute Gasteiger partial charge is 0.300 e. The molecule has 0 N–H and O–H groups in total. The van der Waals surface area contributed by atoms with Gasteiger partial charge in [-0.2, -0.15) is 8.42 Å². The molecule has 0 saturated carbocycles. The number of pyridine rings is 1. The number of aromatic nitrogens is 1. The fraction of sp³-hybridized carbons (Fsp3) is 0.583. The maximum atomic E-state index is 11.0. The average molecular weight is 270 g/mol. The van der Waals surface area contributed by atoms with Gasteiger partial charge in [-0.1, -0.05) is 6.07 Å². The molecule has 6 heteroatoms. The lowest BCUT2D eigenvalue weighted by atomic mass is 10.2. The third-order valence-electron chi connectivity index (χ3n) is 2.98. The summed E-state index contributed by atoms with van der Waals surface area (Å²) < 4.78 is 27.0. The number of hydrogen-bond donors (Lipinski definition) is 0. The summed E-state index contributed by atoms with van der Waals surface area (Å²) in [5.41, 5.74) is 1.20. The highest BCUT2D eigenvalue weighted by molar-refractivity contribution is 7.86. The van der Waals surface area contributed by atoms with Crippen LogP contribution in [0.15, 0.2) is 24.5 Å². The van der Waals surface area contributed by atoms with E-state index in [0.717, 1.165) is 32.2 Å². The van der Waals surface area contributed by atoms with Crippen LogP contribution in [0.2, 0.25) is 0 Å². The van der Waals surface area contributed by atoms with Crippen molar-refractivity contribution in [1.82, 2.24) is 9.88 Å². The van der Waals surface area contributed by atoms with Gasteiger partial charge >= 0.3 is 0 Å². The minimum atomic E-state index is -3.33. The first-order valence-electron chi connectivity index (χ1n) is 6.02. The fourth-order valence-electron chi connectivity index (χ4n) is 2.16. The van der Waals surface area contributed by atoms with Crippen LogP contribution in [0, 0.1) is 0 Å². The van der Waals surface area contributed by atoms with Gasteiger partial charge in [-0.15, -0.1) is 0 Å². The molecule has 2 rings (SSSR count). The van der Waals surface area contributed by atoms with Crippen LogP contribution in [0.3, 0.4) is 0 Å². The topological polar surface area (TPSA) is 59.5 Å². The molecule has 2 heterocycles. The summed E-state index contributed by atoms with van der Waals surface area (Å²) in [5, 5.41) is 0. The monoisotopic (exact) mass is 270 g/mol. The molecule has 1 aliphatic rings. The fourth-order valence-corrected chi connectivity index (χ4v) is 2.81. The van der Waals surface area contributed by atoms with Gasteiger partial charge in [0.15, 0.2) is 0 Å². The van der Waals surface area contributed by atoms with Crippen LogP contribution >= 0.6 is 0 Å². The lowest BCUT2D eigenvalue weighted by molar-refractivity contribution is 0.209. The van der Waals surface area contributed by atoms with Crippen molar-refractivity contribution in [3.05, 3.63) is 30.1 Å². The molecular formula is C12H18N2O3S. The van der Waals surface area contributed by atoms with E-state index in [1.54, 1.807) is 6.20 Å². The first-order chi connectivity index (χ1) is 8.53. The van der Waals surface area contributed by atoms with E-state index in [4.69, 9.17) is 4.18 Å². The Hall–Kier alpha value is -0.980. The van der Waals surface area contributed by atoms with E-state index < -0.39 is 10.1 Å². The van der Waals surface area contributed by atoms with Crippen LogP contribution in [0.25, 0.3) is 0 Å². The quantitative estimate of drug-likeness (QED) is 0.736. The Morgan fingerprint density at radius 1 is 1.56 bits per heavy atom. The zero-order chi connectivity index (χ0) is 13.0.